The fourth-order valence-corrected chi connectivity index (χ4v) is 7.45. The minimum absolute atomic E-state index is 0.175. The maximum atomic E-state index is 14.1. The molecule has 4 amide bonds. The second-order valence-corrected chi connectivity index (χ2v) is 13.9. The molecule has 0 aliphatic carbocycles. The zero-order chi connectivity index (χ0) is 34.8. The number of hydrogen-bond donors (Lipinski definition) is 5. The first kappa shape index (κ1) is 36.2. The summed E-state index contributed by atoms with van der Waals surface area (Å²) >= 11 is 1.48. The summed E-state index contributed by atoms with van der Waals surface area (Å²) in [5.41, 5.74) is 8.58. The van der Waals surface area contributed by atoms with Gasteiger partial charge in [0.25, 0.3) is 0 Å². The molecule has 0 bridgehead atoms. The number of nitrogens with zero attached hydrogens (tertiary/aromatic N) is 1. The number of aryl methyl sites for hydroxylation is 1. The fraction of sp³-hybridized carbons (Fsp3) is 0.528. The summed E-state index contributed by atoms with van der Waals surface area (Å²) in [6, 6.07) is 10.6. The SMILES string of the molecule is CCC(=O)N[C@@H](Cc1nc2ccc(C)cc2s1)C(=O)N[C@H](C(=O)N[C@@H](CCCCN)C(=O)N[C@@H]1CCOc2ccccc21)C1CCOCC1. The van der Waals surface area contributed by atoms with E-state index in [1.165, 1.54) is 11.3 Å². The molecule has 6 N–H and O–H groups in total. The van der Waals surface area contributed by atoms with Crippen LogP contribution in [0.2, 0.25) is 0 Å². The topological polar surface area (TPSA) is 174 Å². The Balaban J connectivity index is 1.34. The van der Waals surface area contributed by atoms with Crippen molar-refractivity contribution in [3.8, 4) is 5.75 Å². The third-order valence-electron chi connectivity index (χ3n) is 9.11. The number of benzene rings is 2. The summed E-state index contributed by atoms with van der Waals surface area (Å²) in [6.07, 6.45) is 3.82. The molecule has 1 fully saturated rings. The quantitative estimate of drug-likeness (QED) is 0.151. The lowest BCUT2D eigenvalue weighted by Crippen LogP contribution is -2.59. The van der Waals surface area contributed by atoms with Crippen LogP contribution in [0.1, 0.15) is 74.0 Å². The molecule has 12 nitrogen and oxygen atoms in total. The van der Waals surface area contributed by atoms with Gasteiger partial charge in [0.1, 0.15) is 23.9 Å². The highest BCUT2D eigenvalue weighted by atomic mass is 32.1. The zero-order valence-electron chi connectivity index (χ0n) is 28.3. The number of carbonyl (C=O) groups excluding carboxylic acids is 4. The first-order valence-electron chi connectivity index (χ1n) is 17.3. The Kier molecular flexibility index (Phi) is 13.0. The largest absolute Gasteiger partial charge is 0.493 e. The number of nitrogens with two attached hydrogens (primary N) is 1. The summed E-state index contributed by atoms with van der Waals surface area (Å²) < 4.78 is 12.3. The number of fused-ring (bicyclic) bond motifs is 2. The lowest BCUT2D eigenvalue weighted by molar-refractivity contribution is -0.135. The number of rotatable bonds is 15. The summed E-state index contributed by atoms with van der Waals surface area (Å²) in [5, 5.41) is 12.6. The molecule has 4 atom stereocenters. The first-order chi connectivity index (χ1) is 23.7. The highest BCUT2D eigenvalue weighted by molar-refractivity contribution is 7.18. The molecule has 3 heterocycles. The number of aromatic nitrogens is 1. The molecule has 1 aromatic heterocycles. The molecular weight excluding hydrogens is 644 g/mol. The van der Waals surface area contributed by atoms with E-state index in [9.17, 15) is 19.2 Å². The van der Waals surface area contributed by atoms with Crippen molar-refractivity contribution >= 4 is 45.2 Å². The van der Waals surface area contributed by atoms with Crippen molar-refractivity contribution in [2.24, 2.45) is 11.7 Å². The van der Waals surface area contributed by atoms with E-state index in [2.05, 4.69) is 21.3 Å². The Hall–Kier alpha value is -4.07. The predicted molar refractivity (Wildman–Crippen MR) is 188 cm³/mol. The van der Waals surface area contributed by atoms with E-state index in [1.54, 1.807) is 6.92 Å². The van der Waals surface area contributed by atoms with Crippen LogP contribution in [0.3, 0.4) is 0 Å². The molecular formula is C36H48N6O6S. The van der Waals surface area contributed by atoms with Gasteiger partial charge in [-0.3, -0.25) is 19.2 Å². The lowest BCUT2D eigenvalue weighted by Gasteiger charge is -2.33. The Morgan fingerprint density at radius 2 is 1.73 bits per heavy atom. The third-order valence-corrected chi connectivity index (χ3v) is 10.2. The van der Waals surface area contributed by atoms with E-state index >= 15 is 0 Å². The van der Waals surface area contributed by atoms with E-state index in [0.717, 1.165) is 27.1 Å². The Bertz CT molecular complexity index is 1610. The maximum absolute atomic E-state index is 14.1. The molecule has 1 saturated heterocycles. The van der Waals surface area contributed by atoms with Crippen LogP contribution in [0.4, 0.5) is 0 Å². The van der Waals surface area contributed by atoms with Crippen LogP contribution in [0, 0.1) is 12.8 Å². The molecule has 5 rings (SSSR count). The normalized spacial score (nSPS) is 18.0. The van der Waals surface area contributed by atoms with Crippen molar-refractivity contribution in [2.75, 3.05) is 26.4 Å². The van der Waals surface area contributed by atoms with Gasteiger partial charge >= 0.3 is 0 Å². The van der Waals surface area contributed by atoms with Crippen LogP contribution in [-0.2, 0) is 30.3 Å². The number of nitrogens with one attached hydrogen (secondary N) is 4. The van der Waals surface area contributed by atoms with Gasteiger partial charge in [-0.25, -0.2) is 4.98 Å². The minimum Gasteiger partial charge on any atom is -0.493 e. The van der Waals surface area contributed by atoms with Crippen LogP contribution < -0.4 is 31.7 Å². The highest BCUT2D eigenvalue weighted by Crippen LogP contribution is 2.32. The van der Waals surface area contributed by atoms with E-state index in [1.807, 2.05) is 49.4 Å². The minimum atomic E-state index is -0.943. The van der Waals surface area contributed by atoms with Gasteiger partial charge in [-0.2, -0.15) is 0 Å². The van der Waals surface area contributed by atoms with Gasteiger partial charge in [-0.15, -0.1) is 11.3 Å². The van der Waals surface area contributed by atoms with Gasteiger partial charge in [0.15, 0.2) is 0 Å². The van der Waals surface area contributed by atoms with Gasteiger partial charge in [-0.05, 0) is 75.3 Å². The number of thiazole rings is 1. The van der Waals surface area contributed by atoms with Gasteiger partial charge in [-0.1, -0.05) is 31.2 Å². The van der Waals surface area contributed by atoms with Crippen LogP contribution in [0.5, 0.6) is 5.75 Å². The van der Waals surface area contributed by atoms with Crippen LogP contribution in [0.15, 0.2) is 42.5 Å². The van der Waals surface area contributed by atoms with E-state index in [-0.39, 0.29) is 36.6 Å². The van der Waals surface area contributed by atoms with Crippen LogP contribution in [-0.4, -0.2) is 73.1 Å². The molecule has 2 aliphatic rings. The molecule has 3 aromatic rings. The summed E-state index contributed by atoms with van der Waals surface area (Å²) in [4.78, 5) is 59.2. The second-order valence-electron chi connectivity index (χ2n) is 12.8. The third kappa shape index (κ3) is 9.77. The van der Waals surface area contributed by atoms with Crippen molar-refractivity contribution in [1.82, 2.24) is 26.3 Å². The number of unbranched alkanes of at least 4 members (excludes halogenated alkanes) is 1. The maximum Gasteiger partial charge on any atom is 0.243 e. The average molecular weight is 693 g/mol. The standard InChI is InChI=1S/C36H48N6O6S/c1-3-31(43)38-28(21-32-39-26-12-11-22(2)20-30(26)49-32)35(45)42-33(23-13-17-47-18-14-23)36(46)41-27(9-6-7-16-37)34(44)40-25-15-19-48-29-10-5-4-8-24(25)29/h4-5,8,10-12,20,23,25,27-28,33H,3,6-7,9,13-19,21,37H2,1-2H3,(H,38,43)(H,40,44)(H,41,46)(H,42,45)/t25-,27+,28+,33+/m1/s1. The highest BCUT2D eigenvalue weighted by Gasteiger charge is 2.36. The van der Waals surface area contributed by atoms with Gasteiger partial charge in [0.2, 0.25) is 23.6 Å². The Labute approximate surface area is 291 Å². The molecule has 2 aliphatic heterocycles. The van der Waals surface area contributed by atoms with E-state index in [4.69, 9.17) is 20.2 Å². The zero-order valence-corrected chi connectivity index (χ0v) is 29.1. The second kappa shape index (κ2) is 17.5. The first-order valence-corrected chi connectivity index (χ1v) is 18.1. The van der Waals surface area contributed by atoms with Gasteiger partial charge < -0.3 is 36.5 Å². The smallest absolute Gasteiger partial charge is 0.243 e. The number of carbonyl (C=O) groups is 4. The predicted octanol–water partition coefficient (Wildman–Crippen LogP) is 3.21. The molecule has 0 saturated carbocycles. The number of ether oxygens (including phenoxy) is 2. The number of amides is 4. The van der Waals surface area contributed by atoms with E-state index in [0.29, 0.717) is 69.9 Å². The van der Waals surface area contributed by atoms with Crippen molar-refractivity contribution < 1.29 is 28.7 Å². The number of para-hydroxylation sites is 1. The van der Waals surface area contributed by atoms with Crippen LogP contribution >= 0.6 is 11.3 Å². The molecule has 0 radical (unpaired) electrons. The monoisotopic (exact) mass is 692 g/mol. The van der Waals surface area contributed by atoms with Crippen LogP contribution in [0.25, 0.3) is 10.2 Å². The Morgan fingerprint density at radius 1 is 0.939 bits per heavy atom. The summed E-state index contributed by atoms with van der Waals surface area (Å²) in [7, 11) is 0. The molecule has 13 heteroatoms. The van der Waals surface area contributed by atoms with Crippen molar-refractivity contribution in [3.63, 3.8) is 0 Å². The van der Waals surface area contributed by atoms with Gasteiger partial charge in [0, 0.05) is 38.0 Å². The fourth-order valence-electron chi connectivity index (χ4n) is 6.34. The molecule has 0 unspecified atom stereocenters. The van der Waals surface area contributed by atoms with Crippen molar-refractivity contribution in [3.05, 3.63) is 58.6 Å². The van der Waals surface area contributed by atoms with Gasteiger partial charge in [0.05, 0.1) is 27.9 Å². The van der Waals surface area contributed by atoms with Crippen molar-refractivity contribution in [2.45, 2.75) is 89.4 Å². The number of hydrogen-bond acceptors (Lipinski definition) is 9. The van der Waals surface area contributed by atoms with Crippen molar-refractivity contribution in [1.29, 1.82) is 0 Å². The molecule has 264 valence electrons. The average Bonchev–Trinajstić information content (AvgIpc) is 3.51. The van der Waals surface area contributed by atoms with E-state index < -0.39 is 29.9 Å². The lowest BCUT2D eigenvalue weighted by atomic mass is 9.90. The summed E-state index contributed by atoms with van der Waals surface area (Å²) in [5.74, 6) is -1.00. The summed E-state index contributed by atoms with van der Waals surface area (Å²) in [6.45, 7) is 5.57. The Morgan fingerprint density at radius 3 is 2.51 bits per heavy atom. The molecule has 2 aromatic carbocycles. The molecule has 0 spiro atoms. The molecule has 49 heavy (non-hydrogen) atoms.